The summed E-state index contributed by atoms with van der Waals surface area (Å²) < 4.78 is 1.50. The predicted molar refractivity (Wildman–Crippen MR) is 69.9 cm³/mol. The number of aromatic carboxylic acids is 1. The Morgan fingerprint density at radius 3 is 2.68 bits per heavy atom. The number of carboxylic acids is 1. The fourth-order valence-corrected chi connectivity index (χ4v) is 1.83. The lowest BCUT2D eigenvalue weighted by Gasteiger charge is -2.31. The van der Waals surface area contributed by atoms with Crippen molar-refractivity contribution >= 4 is 5.97 Å². The minimum absolute atomic E-state index is 0.0529. The Balaban J connectivity index is 2.45. The van der Waals surface area contributed by atoms with Gasteiger partial charge in [-0.1, -0.05) is 26.0 Å². The van der Waals surface area contributed by atoms with E-state index in [1.54, 1.807) is 0 Å². The van der Waals surface area contributed by atoms with Gasteiger partial charge in [-0.05, 0) is 11.8 Å². The second-order valence-corrected chi connectivity index (χ2v) is 5.56. The molecule has 0 aliphatic rings. The van der Waals surface area contributed by atoms with E-state index in [0.29, 0.717) is 19.5 Å². The highest BCUT2D eigenvalue weighted by molar-refractivity contribution is 5.84. The number of nitrogens with zero attached hydrogens (tertiary/aromatic N) is 3. The second-order valence-electron chi connectivity index (χ2n) is 5.56. The van der Waals surface area contributed by atoms with E-state index in [4.69, 9.17) is 10.2 Å². The largest absolute Gasteiger partial charge is 0.476 e. The van der Waals surface area contributed by atoms with E-state index in [9.17, 15) is 4.79 Å². The van der Waals surface area contributed by atoms with Gasteiger partial charge in [0.1, 0.15) is 0 Å². The number of carboxylic acid groups (broad SMARTS) is 1. The van der Waals surface area contributed by atoms with Gasteiger partial charge in [0.2, 0.25) is 0 Å². The molecule has 1 unspecified atom stereocenters. The summed E-state index contributed by atoms with van der Waals surface area (Å²) in [7, 11) is 0. The molecule has 108 valence electrons. The van der Waals surface area contributed by atoms with Crippen molar-refractivity contribution in [2.45, 2.75) is 39.8 Å². The average molecular weight is 270 g/mol. The van der Waals surface area contributed by atoms with Gasteiger partial charge in [-0.2, -0.15) is 0 Å². The van der Waals surface area contributed by atoms with Crippen molar-refractivity contribution in [3.05, 3.63) is 11.9 Å². The zero-order valence-corrected chi connectivity index (χ0v) is 11.6. The van der Waals surface area contributed by atoms with Crippen LogP contribution in [0.15, 0.2) is 6.20 Å². The molecule has 0 amide bonds. The molecule has 0 saturated heterocycles. The number of aromatic nitrogens is 3. The Bertz CT molecular complexity index is 411. The molecule has 0 aromatic carbocycles. The van der Waals surface area contributed by atoms with E-state index in [2.05, 4.69) is 36.4 Å². The first-order valence-electron chi connectivity index (χ1n) is 6.32. The van der Waals surface area contributed by atoms with Gasteiger partial charge >= 0.3 is 5.97 Å². The molecule has 0 fully saturated rings. The molecule has 19 heavy (non-hydrogen) atoms. The highest BCUT2D eigenvalue weighted by atomic mass is 16.4. The molecule has 0 saturated carbocycles. The van der Waals surface area contributed by atoms with E-state index in [0.717, 1.165) is 0 Å². The van der Waals surface area contributed by atoms with Crippen molar-refractivity contribution in [2.75, 3.05) is 13.2 Å². The van der Waals surface area contributed by atoms with Crippen molar-refractivity contribution in [3.63, 3.8) is 0 Å². The van der Waals surface area contributed by atoms with Crippen LogP contribution in [-0.2, 0) is 6.54 Å². The molecule has 0 aliphatic heterocycles. The van der Waals surface area contributed by atoms with Crippen LogP contribution in [0.25, 0.3) is 0 Å². The molecule has 1 aromatic rings. The SMILES string of the molecule is CC(C)(C)C(CCO)NCCn1cc(C(=O)O)nn1. The number of aliphatic hydroxyl groups is 1. The summed E-state index contributed by atoms with van der Waals surface area (Å²) in [4.78, 5) is 10.7. The number of hydrogen-bond donors (Lipinski definition) is 3. The minimum atomic E-state index is -1.08. The lowest BCUT2D eigenvalue weighted by atomic mass is 9.85. The molecule has 1 rings (SSSR count). The van der Waals surface area contributed by atoms with Crippen LogP contribution in [0.4, 0.5) is 0 Å². The van der Waals surface area contributed by atoms with Gasteiger partial charge in [0, 0.05) is 19.2 Å². The summed E-state index contributed by atoms with van der Waals surface area (Å²) >= 11 is 0. The molecule has 1 aromatic heterocycles. The van der Waals surface area contributed by atoms with E-state index in [1.807, 2.05) is 0 Å². The van der Waals surface area contributed by atoms with Gasteiger partial charge in [0.05, 0.1) is 12.7 Å². The highest BCUT2D eigenvalue weighted by Gasteiger charge is 2.23. The van der Waals surface area contributed by atoms with E-state index < -0.39 is 5.97 Å². The average Bonchev–Trinajstić information content (AvgIpc) is 2.75. The maximum atomic E-state index is 10.7. The van der Waals surface area contributed by atoms with Crippen LogP contribution in [0.3, 0.4) is 0 Å². The molecular weight excluding hydrogens is 248 g/mol. The Labute approximate surface area is 112 Å². The molecule has 7 heteroatoms. The molecular formula is C12H22N4O3. The summed E-state index contributed by atoms with van der Waals surface area (Å²) in [6.07, 6.45) is 2.09. The van der Waals surface area contributed by atoms with Crippen molar-refractivity contribution in [1.82, 2.24) is 20.3 Å². The summed E-state index contributed by atoms with van der Waals surface area (Å²) in [5.41, 5.74) is -0.000130. The Morgan fingerprint density at radius 2 is 2.21 bits per heavy atom. The van der Waals surface area contributed by atoms with Gasteiger partial charge in [-0.25, -0.2) is 4.79 Å². The fraction of sp³-hybridized carbons (Fsp3) is 0.750. The second kappa shape index (κ2) is 6.63. The van der Waals surface area contributed by atoms with Crippen LogP contribution in [-0.4, -0.2) is 50.4 Å². The summed E-state index contributed by atoms with van der Waals surface area (Å²) in [5.74, 6) is -1.08. The number of carbonyl (C=O) groups is 1. The molecule has 0 aliphatic carbocycles. The lowest BCUT2D eigenvalue weighted by molar-refractivity contribution is 0.0690. The van der Waals surface area contributed by atoms with E-state index in [-0.39, 0.29) is 23.8 Å². The fourth-order valence-electron chi connectivity index (χ4n) is 1.83. The number of hydrogen-bond acceptors (Lipinski definition) is 5. The number of rotatable bonds is 7. The summed E-state index contributed by atoms with van der Waals surface area (Å²) in [5, 5.41) is 28.4. The topological polar surface area (TPSA) is 100 Å². The maximum Gasteiger partial charge on any atom is 0.358 e. The monoisotopic (exact) mass is 270 g/mol. The van der Waals surface area contributed by atoms with E-state index >= 15 is 0 Å². The molecule has 3 N–H and O–H groups in total. The van der Waals surface area contributed by atoms with Crippen LogP contribution in [0.2, 0.25) is 0 Å². The third kappa shape index (κ3) is 4.96. The molecule has 1 atom stereocenters. The predicted octanol–water partition coefficient (Wildman–Crippen LogP) is 0.363. The smallest absolute Gasteiger partial charge is 0.358 e. The lowest BCUT2D eigenvalue weighted by Crippen LogP contribution is -2.42. The first kappa shape index (κ1) is 15.6. The van der Waals surface area contributed by atoms with Gasteiger partial charge in [0.25, 0.3) is 0 Å². The maximum absolute atomic E-state index is 10.7. The standard InChI is InChI=1S/C12H22N4O3/c1-12(2,3)10(4-7-17)13-5-6-16-8-9(11(18)19)14-15-16/h8,10,13,17H,4-7H2,1-3H3,(H,18,19). The summed E-state index contributed by atoms with van der Waals surface area (Å²) in [6.45, 7) is 7.65. The van der Waals surface area contributed by atoms with Gasteiger partial charge in [-0.3, -0.25) is 4.68 Å². The van der Waals surface area contributed by atoms with Crippen LogP contribution >= 0.6 is 0 Å². The molecule has 7 nitrogen and oxygen atoms in total. The zero-order valence-electron chi connectivity index (χ0n) is 11.6. The van der Waals surface area contributed by atoms with Crippen LogP contribution < -0.4 is 5.32 Å². The minimum Gasteiger partial charge on any atom is -0.476 e. The molecule has 0 radical (unpaired) electrons. The Kier molecular flexibility index (Phi) is 5.44. The van der Waals surface area contributed by atoms with Crippen molar-refractivity contribution < 1.29 is 15.0 Å². The van der Waals surface area contributed by atoms with Crippen LogP contribution in [0.5, 0.6) is 0 Å². The Hall–Kier alpha value is -1.47. The van der Waals surface area contributed by atoms with Gasteiger partial charge < -0.3 is 15.5 Å². The Morgan fingerprint density at radius 1 is 1.53 bits per heavy atom. The molecule has 0 bridgehead atoms. The number of nitrogens with one attached hydrogen (secondary N) is 1. The first-order valence-corrected chi connectivity index (χ1v) is 6.32. The first-order chi connectivity index (χ1) is 8.84. The van der Waals surface area contributed by atoms with Gasteiger partial charge in [-0.15, -0.1) is 5.10 Å². The quantitative estimate of drug-likeness (QED) is 0.661. The van der Waals surface area contributed by atoms with Crippen molar-refractivity contribution in [1.29, 1.82) is 0 Å². The van der Waals surface area contributed by atoms with Crippen LogP contribution in [0.1, 0.15) is 37.7 Å². The third-order valence-electron chi connectivity index (χ3n) is 2.95. The van der Waals surface area contributed by atoms with Crippen molar-refractivity contribution in [3.8, 4) is 0 Å². The summed E-state index contributed by atoms with van der Waals surface area (Å²) in [6, 6.07) is 0.194. The van der Waals surface area contributed by atoms with Crippen molar-refractivity contribution in [2.24, 2.45) is 5.41 Å². The molecule has 1 heterocycles. The van der Waals surface area contributed by atoms with E-state index in [1.165, 1.54) is 10.9 Å². The normalized spacial score (nSPS) is 13.5. The van der Waals surface area contributed by atoms with Crippen LogP contribution in [0, 0.1) is 5.41 Å². The third-order valence-corrected chi connectivity index (χ3v) is 2.95. The zero-order chi connectivity index (χ0) is 14.5. The van der Waals surface area contributed by atoms with Gasteiger partial charge in [0.15, 0.2) is 5.69 Å². The highest BCUT2D eigenvalue weighted by Crippen LogP contribution is 2.21. The number of aliphatic hydroxyl groups excluding tert-OH is 1. The molecule has 0 spiro atoms.